The van der Waals surface area contributed by atoms with Gasteiger partial charge in [-0.25, -0.2) is 4.98 Å². The van der Waals surface area contributed by atoms with Crippen LogP contribution in [0.1, 0.15) is 49.9 Å². The number of hydrogen-bond donors (Lipinski definition) is 0. The van der Waals surface area contributed by atoms with Crippen molar-refractivity contribution in [2.75, 3.05) is 18.1 Å². The van der Waals surface area contributed by atoms with E-state index in [2.05, 4.69) is 46.8 Å². The molecule has 0 aliphatic heterocycles. The van der Waals surface area contributed by atoms with E-state index in [0.29, 0.717) is 6.54 Å². The van der Waals surface area contributed by atoms with Gasteiger partial charge in [0.05, 0.1) is 25.5 Å². The second-order valence-electron chi connectivity index (χ2n) is 8.92. The van der Waals surface area contributed by atoms with Crippen molar-refractivity contribution in [2.24, 2.45) is 0 Å². The summed E-state index contributed by atoms with van der Waals surface area (Å²) in [6, 6.07) is 20.6. The molecule has 1 heterocycles. The van der Waals surface area contributed by atoms with Crippen molar-refractivity contribution in [1.82, 2.24) is 4.98 Å². The smallest absolute Gasteiger partial charge is 0.313 e. The van der Waals surface area contributed by atoms with E-state index >= 15 is 8.78 Å². The molecule has 0 aliphatic rings. The van der Waals surface area contributed by atoms with Crippen LogP contribution in [0.2, 0.25) is 0 Å². The Kier molecular flexibility index (Phi) is 11.8. The van der Waals surface area contributed by atoms with E-state index in [4.69, 9.17) is 14.0 Å². The summed E-state index contributed by atoms with van der Waals surface area (Å²) in [5.74, 6) is 0. The van der Waals surface area contributed by atoms with Gasteiger partial charge in [-0.3, -0.25) is 4.57 Å². The van der Waals surface area contributed by atoms with Crippen LogP contribution >= 0.6 is 34.9 Å². The van der Waals surface area contributed by atoms with Crippen LogP contribution in [0.15, 0.2) is 76.6 Å². The normalized spacial score (nSPS) is 11.6. The van der Waals surface area contributed by atoms with Gasteiger partial charge in [-0.2, -0.15) is 8.78 Å². The van der Waals surface area contributed by atoms with Gasteiger partial charge in [0.1, 0.15) is 0 Å². The summed E-state index contributed by atoms with van der Waals surface area (Å²) >= 11 is 4.81. The first-order chi connectivity index (χ1) is 19.6. The number of hydrogen-bond acceptors (Lipinski definition) is 6. The highest BCUT2D eigenvalue weighted by atomic mass is 79.9. The van der Waals surface area contributed by atoms with Crippen LogP contribution in [0, 0.1) is 13.8 Å². The van der Waals surface area contributed by atoms with Gasteiger partial charge in [-0.15, -0.1) is 11.3 Å². The molecule has 1 aromatic heterocycles. The van der Waals surface area contributed by atoms with Crippen LogP contribution in [-0.4, -0.2) is 18.2 Å². The van der Waals surface area contributed by atoms with Crippen molar-refractivity contribution in [2.45, 2.75) is 53.8 Å². The van der Waals surface area contributed by atoms with E-state index < -0.39 is 18.8 Å². The van der Waals surface area contributed by atoms with E-state index in [0.717, 1.165) is 33.2 Å². The lowest BCUT2D eigenvalue weighted by Crippen LogP contribution is -2.20. The Balaban J connectivity index is 0.00000226. The number of aryl methyl sites for hydroxylation is 2. The molecule has 0 spiro atoms. The maximum atomic E-state index is 15.4. The van der Waals surface area contributed by atoms with Crippen LogP contribution in [0.25, 0.3) is 11.3 Å². The molecular formula is C31H36BrF2N2O3PS. The van der Waals surface area contributed by atoms with Gasteiger partial charge < -0.3 is 13.9 Å². The molecule has 0 unspecified atom stereocenters. The molecule has 0 aliphatic carbocycles. The van der Waals surface area contributed by atoms with Crippen LogP contribution in [0.3, 0.4) is 0 Å². The van der Waals surface area contributed by atoms with Gasteiger partial charge in [0, 0.05) is 26.7 Å². The second-order valence-corrected chi connectivity index (χ2v) is 12.7. The maximum absolute atomic E-state index is 15.4. The van der Waals surface area contributed by atoms with Crippen molar-refractivity contribution in [3.63, 3.8) is 0 Å². The zero-order valence-electron chi connectivity index (χ0n) is 24.2. The van der Waals surface area contributed by atoms with Crippen molar-refractivity contribution >= 4 is 45.7 Å². The molecule has 3 aromatic carbocycles. The zero-order chi connectivity index (χ0) is 30.2. The molecule has 0 N–H and O–H groups in total. The highest BCUT2D eigenvalue weighted by Gasteiger charge is 2.55. The Bertz CT molecular complexity index is 1470. The first kappa shape index (κ1) is 33.1. The van der Waals surface area contributed by atoms with Crippen LogP contribution in [0.4, 0.5) is 19.6 Å². The molecule has 0 radical (unpaired) electrons. The Morgan fingerprint density at radius 3 is 2.20 bits per heavy atom. The summed E-state index contributed by atoms with van der Waals surface area (Å²) < 4.78 is 53.9. The first-order valence-corrected chi connectivity index (χ1v) is 16.7. The summed E-state index contributed by atoms with van der Waals surface area (Å²) in [5, 5.41) is 2.79. The van der Waals surface area contributed by atoms with E-state index in [-0.39, 0.29) is 17.7 Å². The predicted molar refractivity (Wildman–Crippen MR) is 170 cm³/mol. The minimum Gasteiger partial charge on any atom is -0.313 e. The number of rotatable bonds is 11. The quantitative estimate of drug-likeness (QED) is 0.149. The number of thiazole rings is 1. The minimum atomic E-state index is -4.73. The van der Waals surface area contributed by atoms with Gasteiger partial charge in [-0.1, -0.05) is 78.3 Å². The molecule has 4 rings (SSSR count). The van der Waals surface area contributed by atoms with Crippen LogP contribution < -0.4 is 4.90 Å². The van der Waals surface area contributed by atoms with E-state index in [9.17, 15) is 4.57 Å². The van der Waals surface area contributed by atoms with Gasteiger partial charge in [0.2, 0.25) is 0 Å². The Labute approximate surface area is 254 Å². The number of nitrogens with zero attached hydrogens (tertiary/aromatic N) is 2. The monoisotopic (exact) mass is 664 g/mol. The topological polar surface area (TPSA) is 51.7 Å². The molecule has 0 bridgehead atoms. The van der Waals surface area contributed by atoms with Crippen molar-refractivity contribution < 1.29 is 22.4 Å². The Morgan fingerprint density at radius 1 is 0.951 bits per heavy atom. The van der Waals surface area contributed by atoms with Gasteiger partial charge in [-0.05, 0) is 62.6 Å². The summed E-state index contributed by atoms with van der Waals surface area (Å²) in [6.07, 6.45) is 0. The molecule has 4 aromatic rings. The highest BCUT2D eigenvalue weighted by molar-refractivity contribution is 9.10. The lowest BCUT2D eigenvalue weighted by Gasteiger charge is -2.27. The van der Waals surface area contributed by atoms with E-state index in [1.165, 1.54) is 36.8 Å². The molecule has 0 saturated carbocycles. The molecule has 41 heavy (non-hydrogen) atoms. The van der Waals surface area contributed by atoms with E-state index in [1.54, 1.807) is 12.1 Å². The van der Waals surface area contributed by atoms with E-state index in [1.807, 2.05) is 55.6 Å². The highest BCUT2D eigenvalue weighted by Crippen LogP contribution is 2.67. The SMILES string of the molecule is CC.CCOP(=O)(OCC)C(F)(F)c1ccc(CN(c2ccc(C)c(C)c2)c2nc(-c3ccccc3)cs2)cc1Br. The third kappa shape index (κ3) is 7.51. The molecule has 10 heteroatoms. The van der Waals surface area contributed by atoms with Crippen LogP contribution in [-0.2, 0) is 25.8 Å². The fourth-order valence-electron chi connectivity index (χ4n) is 4.06. The molecule has 0 saturated heterocycles. The largest absolute Gasteiger partial charge is 0.404 e. The molecule has 220 valence electrons. The fourth-order valence-corrected chi connectivity index (χ4v) is 7.31. The average molecular weight is 666 g/mol. The Morgan fingerprint density at radius 2 is 1.61 bits per heavy atom. The molecular weight excluding hydrogens is 629 g/mol. The van der Waals surface area contributed by atoms with Crippen molar-refractivity contribution in [3.05, 3.63) is 98.8 Å². The molecule has 0 fully saturated rings. The summed E-state index contributed by atoms with van der Waals surface area (Å²) in [5.41, 5.74) is 1.61. The minimum absolute atomic E-state index is 0.119. The fraction of sp³-hybridized carbons (Fsp3) is 0.323. The molecule has 5 nitrogen and oxygen atoms in total. The molecule has 0 amide bonds. The zero-order valence-corrected chi connectivity index (χ0v) is 27.5. The van der Waals surface area contributed by atoms with Crippen molar-refractivity contribution in [3.8, 4) is 11.3 Å². The molecule has 0 atom stereocenters. The third-order valence-corrected chi connectivity index (χ3v) is 9.88. The predicted octanol–water partition coefficient (Wildman–Crippen LogP) is 10.9. The number of aromatic nitrogens is 1. The van der Waals surface area contributed by atoms with Gasteiger partial charge in [0.25, 0.3) is 0 Å². The summed E-state index contributed by atoms with van der Waals surface area (Å²) in [7, 11) is -4.73. The van der Waals surface area contributed by atoms with Crippen LogP contribution in [0.5, 0.6) is 0 Å². The maximum Gasteiger partial charge on any atom is 0.404 e. The first-order valence-electron chi connectivity index (χ1n) is 13.5. The van der Waals surface area contributed by atoms with Gasteiger partial charge >= 0.3 is 13.3 Å². The number of benzene rings is 3. The Hall–Kier alpha value is -2.42. The summed E-state index contributed by atoms with van der Waals surface area (Å²) in [4.78, 5) is 6.96. The summed E-state index contributed by atoms with van der Waals surface area (Å²) in [6.45, 7) is 11.2. The van der Waals surface area contributed by atoms with Gasteiger partial charge in [0.15, 0.2) is 5.13 Å². The number of anilines is 2. The lowest BCUT2D eigenvalue weighted by molar-refractivity contribution is 0.0354. The second kappa shape index (κ2) is 14.7. The number of alkyl halides is 2. The average Bonchev–Trinajstić information content (AvgIpc) is 3.45. The number of halogens is 3. The standard InChI is InChI=1S/C29H30BrF2N2O3PS.C2H6/c1-5-36-38(35,37-6-2)29(31,32)25-15-13-22(17-26(25)30)18-34(24-14-12-20(3)21(4)16-24)28-33-27(19-39-28)23-10-8-7-9-11-23;1-2/h7-17,19H,5-6,18H2,1-4H3;1-2H3. The van der Waals surface area contributed by atoms with Crippen molar-refractivity contribution in [1.29, 1.82) is 0 Å². The third-order valence-electron chi connectivity index (χ3n) is 6.23. The lowest BCUT2D eigenvalue weighted by atomic mass is 10.1.